The second kappa shape index (κ2) is 5.09. The van der Waals surface area contributed by atoms with Crippen molar-refractivity contribution in [1.82, 2.24) is 15.5 Å². The van der Waals surface area contributed by atoms with Crippen LogP contribution in [0.4, 0.5) is 0 Å². The molecule has 0 fully saturated rings. The molecule has 0 aliphatic heterocycles. The van der Waals surface area contributed by atoms with Crippen molar-refractivity contribution in [2.75, 3.05) is 0 Å². The molecule has 0 unspecified atom stereocenters. The summed E-state index contributed by atoms with van der Waals surface area (Å²) in [6.07, 6.45) is 1.55. The number of carbonyl (C=O) groups excluding carboxylic acids is 1. The third-order valence-corrected chi connectivity index (χ3v) is 2.95. The second-order valence-corrected chi connectivity index (χ2v) is 4.67. The average molecular weight is 261 g/mol. The van der Waals surface area contributed by atoms with E-state index in [-0.39, 0.29) is 5.92 Å². The first-order chi connectivity index (χ1) is 9.00. The van der Waals surface area contributed by atoms with Crippen LogP contribution in [-0.4, -0.2) is 33.2 Å². The Morgan fingerprint density at radius 3 is 2.74 bits per heavy atom. The average Bonchev–Trinajstić information content (AvgIpc) is 2.82. The smallest absolute Gasteiger partial charge is 0.326 e. The molecule has 0 saturated carbocycles. The third kappa shape index (κ3) is 2.57. The van der Waals surface area contributed by atoms with Gasteiger partial charge in [0.1, 0.15) is 6.04 Å². The van der Waals surface area contributed by atoms with Crippen molar-refractivity contribution >= 4 is 22.8 Å². The van der Waals surface area contributed by atoms with Crippen LogP contribution >= 0.6 is 0 Å². The van der Waals surface area contributed by atoms with E-state index in [4.69, 9.17) is 5.11 Å². The molecule has 3 N–H and O–H groups in total. The summed E-state index contributed by atoms with van der Waals surface area (Å²) >= 11 is 0. The van der Waals surface area contributed by atoms with Crippen LogP contribution < -0.4 is 5.32 Å². The van der Waals surface area contributed by atoms with Gasteiger partial charge in [0.25, 0.3) is 5.91 Å². The summed E-state index contributed by atoms with van der Waals surface area (Å²) in [5.74, 6) is -1.64. The molecule has 0 bridgehead atoms. The van der Waals surface area contributed by atoms with Gasteiger partial charge in [0.2, 0.25) is 0 Å². The van der Waals surface area contributed by atoms with Crippen molar-refractivity contribution in [3.63, 3.8) is 0 Å². The number of aromatic amines is 1. The van der Waals surface area contributed by atoms with E-state index in [0.29, 0.717) is 10.9 Å². The number of aromatic nitrogens is 2. The molecule has 2 aromatic rings. The zero-order valence-electron chi connectivity index (χ0n) is 10.7. The zero-order chi connectivity index (χ0) is 14.0. The van der Waals surface area contributed by atoms with Crippen molar-refractivity contribution in [3.8, 4) is 0 Å². The fraction of sp³-hybridized carbons (Fsp3) is 0.308. The van der Waals surface area contributed by atoms with Gasteiger partial charge in [-0.1, -0.05) is 19.9 Å². The molecule has 1 aromatic heterocycles. The van der Waals surface area contributed by atoms with Crippen molar-refractivity contribution in [2.45, 2.75) is 19.9 Å². The van der Waals surface area contributed by atoms with Gasteiger partial charge in [-0.2, -0.15) is 5.10 Å². The van der Waals surface area contributed by atoms with Crippen LogP contribution in [0.3, 0.4) is 0 Å². The summed E-state index contributed by atoms with van der Waals surface area (Å²) in [6.45, 7) is 3.50. The van der Waals surface area contributed by atoms with Crippen LogP contribution in [0, 0.1) is 5.92 Å². The van der Waals surface area contributed by atoms with Crippen molar-refractivity contribution in [2.24, 2.45) is 5.92 Å². The summed E-state index contributed by atoms with van der Waals surface area (Å²) in [5.41, 5.74) is 1.15. The molecule has 6 heteroatoms. The van der Waals surface area contributed by atoms with Crippen LogP contribution in [0.2, 0.25) is 0 Å². The van der Waals surface area contributed by atoms with Crippen LogP contribution in [-0.2, 0) is 4.79 Å². The second-order valence-electron chi connectivity index (χ2n) is 4.67. The summed E-state index contributed by atoms with van der Waals surface area (Å²) in [6, 6.07) is 4.26. The Morgan fingerprint density at radius 2 is 2.11 bits per heavy atom. The molecule has 0 radical (unpaired) electrons. The Kier molecular flexibility index (Phi) is 3.50. The number of benzene rings is 1. The standard InChI is InChI=1S/C13H15N3O3/c1-7(2)11(13(18)19)15-12(17)8-4-3-5-10-9(8)6-14-16-10/h3-7,11H,1-2H3,(H,14,16)(H,15,17)(H,18,19)/t11-/m0/s1. The summed E-state index contributed by atoms with van der Waals surface area (Å²) in [7, 11) is 0. The van der Waals surface area contributed by atoms with E-state index in [1.54, 1.807) is 38.2 Å². The van der Waals surface area contributed by atoms with Gasteiger partial charge in [-0.05, 0) is 18.1 Å². The molecule has 1 atom stereocenters. The molecule has 0 aliphatic rings. The van der Waals surface area contributed by atoms with E-state index < -0.39 is 17.9 Å². The SMILES string of the molecule is CC(C)[C@H](NC(=O)c1cccc2[nH]ncc12)C(=O)O. The largest absolute Gasteiger partial charge is 0.480 e. The number of aliphatic carboxylic acids is 1. The number of carboxylic acids is 1. The van der Waals surface area contributed by atoms with Gasteiger partial charge in [0, 0.05) is 5.39 Å². The summed E-state index contributed by atoms with van der Waals surface area (Å²) in [4.78, 5) is 23.2. The number of rotatable bonds is 4. The van der Waals surface area contributed by atoms with Gasteiger partial charge in [0.15, 0.2) is 0 Å². The summed E-state index contributed by atoms with van der Waals surface area (Å²) < 4.78 is 0. The number of nitrogens with zero attached hydrogens (tertiary/aromatic N) is 1. The van der Waals surface area contributed by atoms with Gasteiger partial charge in [-0.25, -0.2) is 4.79 Å². The molecule has 0 saturated heterocycles. The quantitative estimate of drug-likeness (QED) is 0.775. The van der Waals surface area contributed by atoms with E-state index in [9.17, 15) is 9.59 Å². The molecule has 0 spiro atoms. The van der Waals surface area contributed by atoms with Gasteiger partial charge in [-0.15, -0.1) is 0 Å². The molecule has 1 heterocycles. The van der Waals surface area contributed by atoms with Crippen molar-refractivity contribution in [1.29, 1.82) is 0 Å². The van der Waals surface area contributed by atoms with E-state index in [1.165, 1.54) is 0 Å². The topological polar surface area (TPSA) is 95.1 Å². The lowest BCUT2D eigenvalue weighted by Gasteiger charge is -2.18. The van der Waals surface area contributed by atoms with Crippen LogP contribution in [0.25, 0.3) is 10.9 Å². The Hall–Kier alpha value is -2.37. The fourth-order valence-electron chi connectivity index (χ4n) is 1.90. The maximum absolute atomic E-state index is 12.2. The Balaban J connectivity index is 2.29. The maximum atomic E-state index is 12.2. The third-order valence-electron chi connectivity index (χ3n) is 2.95. The molecule has 100 valence electrons. The van der Waals surface area contributed by atoms with Crippen LogP contribution in [0.1, 0.15) is 24.2 Å². The number of amides is 1. The number of nitrogens with one attached hydrogen (secondary N) is 2. The van der Waals surface area contributed by atoms with Crippen LogP contribution in [0.5, 0.6) is 0 Å². The minimum Gasteiger partial charge on any atom is -0.480 e. The molecule has 19 heavy (non-hydrogen) atoms. The Bertz CT molecular complexity index is 618. The molecule has 6 nitrogen and oxygen atoms in total. The van der Waals surface area contributed by atoms with Gasteiger partial charge < -0.3 is 10.4 Å². The molecule has 1 amide bonds. The highest BCUT2D eigenvalue weighted by atomic mass is 16.4. The fourth-order valence-corrected chi connectivity index (χ4v) is 1.90. The van der Waals surface area contributed by atoms with Crippen LogP contribution in [0.15, 0.2) is 24.4 Å². The first kappa shape index (κ1) is 13.1. The molecular weight excluding hydrogens is 246 g/mol. The normalized spacial score (nSPS) is 12.6. The maximum Gasteiger partial charge on any atom is 0.326 e. The van der Waals surface area contributed by atoms with E-state index in [1.807, 2.05) is 0 Å². The predicted molar refractivity (Wildman–Crippen MR) is 69.8 cm³/mol. The minimum absolute atomic E-state index is 0.190. The Morgan fingerprint density at radius 1 is 1.37 bits per heavy atom. The van der Waals surface area contributed by atoms with E-state index in [2.05, 4.69) is 15.5 Å². The highest BCUT2D eigenvalue weighted by Crippen LogP contribution is 2.16. The first-order valence-corrected chi connectivity index (χ1v) is 5.96. The molecule has 0 aliphatic carbocycles. The Labute approximate surface area is 109 Å². The predicted octanol–water partition coefficient (Wildman–Crippen LogP) is 1.40. The number of fused-ring (bicyclic) bond motifs is 1. The summed E-state index contributed by atoms with van der Waals surface area (Å²) in [5, 5.41) is 18.9. The lowest BCUT2D eigenvalue weighted by molar-refractivity contribution is -0.140. The molecular formula is C13H15N3O3. The zero-order valence-corrected chi connectivity index (χ0v) is 10.7. The van der Waals surface area contributed by atoms with Gasteiger partial charge in [-0.3, -0.25) is 9.89 Å². The van der Waals surface area contributed by atoms with E-state index >= 15 is 0 Å². The van der Waals surface area contributed by atoms with Crippen molar-refractivity contribution < 1.29 is 14.7 Å². The number of hydrogen-bond acceptors (Lipinski definition) is 3. The number of hydrogen-bond donors (Lipinski definition) is 3. The number of H-pyrrole nitrogens is 1. The monoisotopic (exact) mass is 261 g/mol. The van der Waals surface area contributed by atoms with Crippen molar-refractivity contribution in [3.05, 3.63) is 30.0 Å². The lowest BCUT2D eigenvalue weighted by Crippen LogP contribution is -2.44. The lowest BCUT2D eigenvalue weighted by atomic mass is 10.0. The van der Waals surface area contributed by atoms with Gasteiger partial charge >= 0.3 is 5.97 Å². The molecule has 2 rings (SSSR count). The van der Waals surface area contributed by atoms with E-state index in [0.717, 1.165) is 5.52 Å². The highest BCUT2D eigenvalue weighted by molar-refractivity contribution is 6.07. The number of carboxylic acid groups (broad SMARTS) is 1. The number of carbonyl (C=O) groups is 2. The van der Waals surface area contributed by atoms with Gasteiger partial charge in [0.05, 0.1) is 17.3 Å². The highest BCUT2D eigenvalue weighted by Gasteiger charge is 2.24. The first-order valence-electron chi connectivity index (χ1n) is 5.96. The minimum atomic E-state index is -1.04. The molecule has 1 aromatic carbocycles.